The van der Waals surface area contributed by atoms with Crippen LogP contribution in [-0.2, 0) is 4.79 Å². The number of pyridine rings is 1. The van der Waals surface area contributed by atoms with Gasteiger partial charge in [-0.2, -0.15) is 5.26 Å². The normalized spacial score (nSPS) is 15.1. The molecule has 1 aliphatic rings. The van der Waals surface area contributed by atoms with Crippen molar-refractivity contribution in [2.45, 2.75) is 26.7 Å². The predicted octanol–water partition coefficient (Wildman–Crippen LogP) is 3.49. The zero-order valence-corrected chi connectivity index (χ0v) is 15.0. The Hall–Kier alpha value is -2.78. The van der Waals surface area contributed by atoms with Gasteiger partial charge in [0.2, 0.25) is 5.91 Å². The first kappa shape index (κ1) is 17.1. The number of amides is 1. The minimum atomic E-state index is -0.0504. The highest BCUT2D eigenvalue weighted by Gasteiger charge is 2.29. The molecule has 2 heterocycles. The second-order valence-corrected chi connectivity index (χ2v) is 6.44. The Morgan fingerprint density at radius 1 is 1.20 bits per heavy atom. The van der Waals surface area contributed by atoms with Crippen LogP contribution in [-0.4, -0.2) is 22.5 Å². The average molecular weight is 350 g/mol. The molecule has 1 amide bonds. The molecule has 2 aromatic rings. The van der Waals surface area contributed by atoms with Gasteiger partial charge in [0.15, 0.2) is 5.11 Å². The van der Waals surface area contributed by atoms with Crippen LogP contribution in [0.15, 0.2) is 36.5 Å². The largest absolute Gasteiger partial charge is 0.318 e. The summed E-state index contributed by atoms with van der Waals surface area (Å²) < 4.78 is 0. The lowest BCUT2D eigenvalue weighted by Crippen LogP contribution is -2.44. The highest BCUT2D eigenvalue weighted by molar-refractivity contribution is 7.81. The highest BCUT2D eigenvalue weighted by Crippen LogP contribution is 2.26. The maximum atomic E-state index is 12.6. The number of hydrogen-bond donors (Lipinski definition) is 0. The third-order valence-corrected chi connectivity index (χ3v) is 4.62. The number of aromatic nitrogens is 1. The van der Waals surface area contributed by atoms with Crippen LogP contribution in [0.4, 0.5) is 11.4 Å². The summed E-state index contributed by atoms with van der Waals surface area (Å²) in [5, 5.41) is 9.50. The Morgan fingerprint density at radius 3 is 2.56 bits per heavy atom. The van der Waals surface area contributed by atoms with E-state index in [-0.39, 0.29) is 5.91 Å². The van der Waals surface area contributed by atoms with E-state index in [0.29, 0.717) is 29.5 Å². The molecule has 1 aliphatic heterocycles. The molecule has 0 saturated carbocycles. The van der Waals surface area contributed by atoms with Crippen LogP contribution >= 0.6 is 12.2 Å². The van der Waals surface area contributed by atoms with E-state index in [2.05, 4.69) is 4.98 Å². The number of carbonyl (C=O) groups is 1. The van der Waals surface area contributed by atoms with E-state index < -0.39 is 0 Å². The van der Waals surface area contributed by atoms with Crippen LogP contribution in [0.3, 0.4) is 0 Å². The summed E-state index contributed by atoms with van der Waals surface area (Å²) in [6.07, 6.45) is 2.68. The second-order valence-electron chi connectivity index (χ2n) is 6.07. The van der Waals surface area contributed by atoms with E-state index in [1.807, 2.05) is 42.2 Å². The summed E-state index contributed by atoms with van der Waals surface area (Å²) in [4.78, 5) is 20.3. The van der Waals surface area contributed by atoms with Crippen LogP contribution in [0.25, 0.3) is 0 Å². The lowest BCUT2D eigenvalue weighted by molar-refractivity contribution is -0.117. The molecule has 0 aliphatic carbocycles. The van der Waals surface area contributed by atoms with E-state index in [4.69, 9.17) is 17.5 Å². The Bertz CT molecular complexity index is 870. The third-order valence-electron chi connectivity index (χ3n) is 4.22. The monoisotopic (exact) mass is 350 g/mol. The molecule has 0 bridgehead atoms. The fourth-order valence-electron chi connectivity index (χ4n) is 2.84. The lowest BCUT2D eigenvalue weighted by atomic mass is 10.2. The molecular formula is C19H18N4OS. The number of thiocarbonyl (C=S) groups is 1. The van der Waals surface area contributed by atoms with Crippen molar-refractivity contribution in [3.05, 3.63) is 53.3 Å². The zero-order valence-electron chi connectivity index (χ0n) is 14.2. The van der Waals surface area contributed by atoms with Gasteiger partial charge in [0.05, 0.1) is 11.9 Å². The molecule has 0 spiro atoms. The quantitative estimate of drug-likeness (QED) is 0.776. The maximum absolute atomic E-state index is 12.6. The van der Waals surface area contributed by atoms with Crippen molar-refractivity contribution in [1.82, 2.24) is 4.98 Å². The number of anilines is 2. The summed E-state index contributed by atoms with van der Waals surface area (Å²) in [7, 11) is 0. The molecule has 25 heavy (non-hydrogen) atoms. The van der Waals surface area contributed by atoms with Crippen molar-refractivity contribution < 1.29 is 4.79 Å². The van der Waals surface area contributed by atoms with Crippen molar-refractivity contribution in [3.63, 3.8) is 0 Å². The van der Waals surface area contributed by atoms with E-state index in [1.54, 1.807) is 13.0 Å². The number of benzene rings is 1. The van der Waals surface area contributed by atoms with Gasteiger partial charge >= 0.3 is 0 Å². The smallest absolute Gasteiger partial charge is 0.233 e. The molecule has 0 atom stereocenters. The molecule has 6 heteroatoms. The molecular weight excluding hydrogens is 332 g/mol. The molecule has 1 fully saturated rings. The third kappa shape index (κ3) is 3.37. The molecule has 126 valence electrons. The van der Waals surface area contributed by atoms with Crippen LogP contribution in [0, 0.1) is 25.2 Å². The van der Waals surface area contributed by atoms with Crippen LogP contribution in [0.5, 0.6) is 0 Å². The Balaban J connectivity index is 2.00. The average Bonchev–Trinajstić information content (AvgIpc) is 2.74. The first-order valence-corrected chi connectivity index (χ1v) is 8.50. The van der Waals surface area contributed by atoms with Gasteiger partial charge in [-0.3, -0.25) is 9.69 Å². The molecule has 1 saturated heterocycles. The van der Waals surface area contributed by atoms with Crippen molar-refractivity contribution in [2.75, 3.05) is 16.3 Å². The topological polar surface area (TPSA) is 60.2 Å². The predicted molar refractivity (Wildman–Crippen MR) is 102 cm³/mol. The first-order chi connectivity index (χ1) is 12.0. The molecule has 0 unspecified atom stereocenters. The minimum absolute atomic E-state index is 0.0504. The van der Waals surface area contributed by atoms with Gasteiger partial charge in [-0.1, -0.05) is 17.7 Å². The molecule has 0 radical (unpaired) electrons. The molecule has 5 nitrogen and oxygen atoms in total. The van der Waals surface area contributed by atoms with Gasteiger partial charge in [0, 0.05) is 18.7 Å². The van der Waals surface area contributed by atoms with Gasteiger partial charge in [-0.25, -0.2) is 4.98 Å². The number of aryl methyl sites for hydroxylation is 2. The maximum Gasteiger partial charge on any atom is 0.233 e. The van der Waals surface area contributed by atoms with E-state index in [0.717, 1.165) is 17.7 Å². The molecule has 3 rings (SSSR count). The van der Waals surface area contributed by atoms with Gasteiger partial charge in [0.25, 0.3) is 0 Å². The highest BCUT2D eigenvalue weighted by atomic mass is 32.1. The first-order valence-electron chi connectivity index (χ1n) is 8.09. The molecule has 1 aromatic carbocycles. The fraction of sp³-hybridized carbons (Fsp3) is 0.263. The van der Waals surface area contributed by atoms with Gasteiger partial charge in [0.1, 0.15) is 11.8 Å². The number of rotatable bonds is 2. The van der Waals surface area contributed by atoms with Crippen molar-refractivity contribution in [1.29, 1.82) is 5.26 Å². The minimum Gasteiger partial charge on any atom is -0.318 e. The number of carbonyl (C=O) groups excluding carboxylic acids is 1. The van der Waals surface area contributed by atoms with Gasteiger partial charge in [-0.15, -0.1) is 0 Å². The summed E-state index contributed by atoms with van der Waals surface area (Å²) in [5.74, 6) is -0.0504. The van der Waals surface area contributed by atoms with E-state index in [9.17, 15) is 4.79 Å². The van der Waals surface area contributed by atoms with Gasteiger partial charge < -0.3 is 4.90 Å². The van der Waals surface area contributed by atoms with Crippen molar-refractivity contribution in [3.8, 4) is 6.07 Å². The number of nitriles is 1. The van der Waals surface area contributed by atoms with Crippen molar-refractivity contribution >= 4 is 34.6 Å². The van der Waals surface area contributed by atoms with Gasteiger partial charge in [-0.05, 0) is 56.2 Å². The SMILES string of the molecule is Cc1ccc(N2CCCC(=O)N(c3cnc(C#N)c(C)c3)C2=S)cc1. The van der Waals surface area contributed by atoms with Crippen LogP contribution < -0.4 is 9.80 Å². The Kier molecular flexibility index (Phi) is 4.77. The number of hydrogen-bond acceptors (Lipinski definition) is 4. The Morgan fingerprint density at radius 2 is 1.92 bits per heavy atom. The molecule has 0 N–H and O–H groups in total. The summed E-state index contributed by atoms with van der Waals surface area (Å²) in [6, 6.07) is 11.9. The summed E-state index contributed by atoms with van der Waals surface area (Å²) in [6.45, 7) is 4.52. The standard InChI is InChI=1S/C19H18N4OS/c1-13-5-7-15(8-6-13)22-9-3-4-18(24)23(19(22)25)16-10-14(2)17(11-20)21-12-16/h5-8,10,12H,3-4,9H2,1-2H3. The second kappa shape index (κ2) is 6.99. The van der Waals surface area contributed by atoms with Crippen LogP contribution in [0.2, 0.25) is 0 Å². The lowest BCUT2D eigenvalue weighted by Gasteiger charge is -2.29. The van der Waals surface area contributed by atoms with Crippen LogP contribution in [0.1, 0.15) is 29.7 Å². The zero-order chi connectivity index (χ0) is 18.0. The molecule has 1 aromatic heterocycles. The van der Waals surface area contributed by atoms with E-state index >= 15 is 0 Å². The summed E-state index contributed by atoms with van der Waals surface area (Å²) >= 11 is 5.65. The number of nitrogens with zero attached hydrogens (tertiary/aromatic N) is 4. The fourth-order valence-corrected chi connectivity index (χ4v) is 3.25. The van der Waals surface area contributed by atoms with E-state index in [1.165, 1.54) is 16.7 Å². The summed E-state index contributed by atoms with van der Waals surface area (Å²) in [5.41, 5.74) is 3.82. The van der Waals surface area contributed by atoms with Crippen molar-refractivity contribution in [2.24, 2.45) is 0 Å². The Labute approximate surface area is 152 Å².